The maximum atomic E-state index is 12.6. The van der Waals surface area contributed by atoms with Gasteiger partial charge in [0.1, 0.15) is 6.07 Å². The Hall–Kier alpha value is -2.68. The van der Waals surface area contributed by atoms with Gasteiger partial charge < -0.3 is 4.74 Å². The van der Waals surface area contributed by atoms with Gasteiger partial charge in [0.25, 0.3) is 0 Å². The molecule has 0 N–H and O–H groups in total. The predicted molar refractivity (Wildman–Crippen MR) is 111 cm³/mol. The van der Waals surface area contributed by atoms with Gasteiger partial charge in [0.05, 0.1) is 13.0 Å². The van der Waals surface area contributed by atoms with Gasteiger partial charge in [-0.25, -0.2) is 0 Å². The Bertz CT molecular complexity index is 871. The summed E-state index contributed by atoms with van der Waals surface area (Å²) in [5, 5.41) is 11.6. The summed E-state index contributed by atoms with van der Waals surface area (Å²) in [7, 11) is 0. The summed E-state index contributed by atoms with van der Waals surface area (Å²) in [6.07, 6.45) is 1.07. The van der Waals surface area contributed by atoms with Crippen molar-refractivity contribution >= 4 is 5.97 Å². The van der Waals surface area contributed by atoms with Crippen LogP contribution in [-0.2, 0) is 27.4 Å². The fourth-order valence-electron chi connectivity index (χ4n) is 3.84. The summed E-state index contributed by atoms with van der Waals surface area (Å²) in [6, 6.07) is 16.3. The predicted octanol–water partition coefficient (Wildman–Crippen LogP) is 4.19. The lowest BCUT2D eigenvalue weighted by Crippen LogP contribution is -2.46. The van der Waals surface area contributed by atoms with E-state index in [9.17, 15) is 10.1 Å². The van der Waals surface area contributed by atoms with Gasteiger partial charge in [-0.2, -0.15) is 10.3 Å². The Morgan fingerprint density at radius 2 is 1.72 bits per heavy atom. The van der Waals surface area contributed by atoms with Crippen LogP contribution in [0.15, 0.2) is 42.5 Å². The van der Waals surface area contributed by atoms with Crippen molar-refractivity contribution in [2.75, 3.05) is 13.1 Å². The van der Waals surface area contributed by atoms with E-state index >= 15 is 0 Å². The van der Waals surface area contributed by atoms with Gasteiger partial charge in [-0.3, -0.25) is 9.63 Å². The topological polar surface area (TPSA) is 62.6 Å². The molecule has 1 fully saturated rings. The highest BCUT2D eigenvalue weighted by Gasteiger charge is 2.39. The first-order valence-corrected chi connectivity index (χ1v) is 10.0. The molecule has 3 rings (SSSR count). The monoisotopic (exact) mass is 392 g/mol. The highest BCUT2D eigenvalue weighted by atomic mass is 16.7. The molecule has 2 aromatic rings. The van der Waals surface area contributed by atoms with Crippen LogP contribution in [0.25, 0.3) is 0 Å². The second kappa shape index (κ2) is 9.21. The van der Waals surface area contributed by atoms with Crippen LogP contribution in [0.2, 0.25) is 0 Å². The molecule has 0 bridgehead atoms. The first-order chi connectivity index (χ1) is 13.9. The average molecular weight is 392 g/mol. The number of hydroxylamine groups is 2. The van der Waals surface area contributed by atoms with Crippen molar-refractivity contribution in [3.8, 4) is 6.07 Å². The Morgan fingerprint density at radius 3 is 2.31 bits per heavy atom. The number of benzene rings is 2. The molecule has 152 valence electrons. The minimum absolute atomic E-state index is 0.190. The molecule has 0 aromatic heterocycles. The van der Waals surface area contributed by atoms with Crippen molar-refractivity contribution in [3.63, 3.8) is 0 Å². The van der Waals surface area contributed by atoms with Crippen molar-refractivity contribution in [3.05, 3.63) is 70.3 Å². The van der Waals surface area contributed by atoms with E-state index in [1.807, 2.05) is 56.2 Å². The number of rotatable bonds is 6. The zero-order valence-corrected chi connectivity index (χ0v) is 17.4. The van der Waals surface area contributed by atoms with Gasteiger partial charge in [0.2, 0.25) is 0 Å². The van der Waals surface area contributed by atoms with Crippen molar-refractivity contribution < 1.29 is 14.4 Å². The van der Waals surface area contributed by atoms with Crippen molar-refractivity contribution in [2.45, 2.75) is 52.2 Å². The number of aryl methyl sites for hydroxylation is 3. The Balaban J connectivity index is 1.55. The number of piperidine rings is 1. The fraction of sp³-hybridized carbons (Fsp3) is 0.417. The zero-order chi connectivity index (χ0) is 20.9. The average Bonchev–Trinajstić information content (AvgIpc) is 2.71. The highest BCUT2D eigenvalue weighted by molar-refractivity contribution is 5.74. The molecule has 0 saturated carbocycles. The second-order valence-electron chi connectivity index (χ2n) is 7.82. The maximum absolute atomic E-state index is 12.6. The van der Waals surface area contributed by atoms with E-state index in [1.54, 1.807) is 0 Å². The van der Waals surface area contributed by atoms with Gasteiger partial charge in [-0.05, 0) is 43.0 Å². The smallest absolute Gasteiger partial charge is 0.311 e. The minimum Gasteiger partial charge on any atom is -0.443 e. The molecule has 0 amide bonds. The SMILES string of the molecule is Cc1cc(C)c(CC(=O)OC2(C#N)CCN(OCc3ccccc3)CC2)c(C)c1. The summed E-state index contributed by atoms with van der Waals surface area (Å²) in [6.45, 7) is 7.65. The minimum atomic E-state index is -1.07. The number of hydrogen-bond acceptors (Lipinski definition) is 5. The van der Waals surface area contributed by atoms with Gasteiger partial charge in [-0.15, -0.1) is 0 Å². The molecule has 0 spiro atoms. The third kappa shape index (κ3) is 5.44. The van der Waals surface area contributed by atoms with E-state index < -0.39 is 5.60 Å². The molecule has 5 nitrogen and oxygen atoms in total. The molecule has 0 aliphatic carbocycles. The molecule has 1 saturated heterocycles. The number of hydrogen-bond donors (Lipinski definition) is 0. The quantitative estimate of drug-likeness (QED) is 0.690. The summed E-state index contributed by atoms with van der Waals surface area (Å²) in [5.41, 5.74) is 4.34. The molecule has 0 unspecified atom stereocenters. The van der Waals surface area contributed by atoms with Crippen LogP contribution in [0.3, 0.4) is 0 Å². The first-order valence-electron chi connectivity index (χ1n) is 10.0. The van der Waals surface area contributed by atoms with Crippen LogP contribution in [0.4, 0.5) is 0 Å². The van der Waals surface area contributed by atoms with Crippen LogP contribution in [0.5, 0.6) is 0 Å². The molecule has 0 radical (unpaired) electrons. The zero-order valence-electron chi connectivity index (χ0n) is 17.4. The first kappa shape index (κ1) is 21.0. The van der Waals surface area contributed by atoms with E-state index in [2.05, 4.69) is 18.2 Å². The number of esters is 1. The second-order valence-corrected chi connectivity index (χ2v) is 7.82. The lowest BCUT2D eigenvalue weighted by molar-refractivity contribution is -0.203. The van der Waals surface area contributed by atoms with Crippen molar-refractivity contribution in [1.29, 1.82) is 5.26 Å². The van der Waals surface area contributed by atoms with Crippen LogP contribution in [-0.4, -0.2) is 29.7 Å². The van der Waals surface area contributed by atoms with Gasteiger partial charge >= 0.3 is 5.97 Å². The number of carbonyl (C=O) groups is 1. The lowest BCUT2D eigenvalue weighted by Gasteiger charge is -2.36. The molecule has 29 heavy (non-hydrogen) atoms. The Labute approximate surface area is 172 Å². The van der Waals surface area contributed by atoms with E-state index in [1.165, 1.54) is 5.56 Å². The van der Waals surface area contributed by atoms with Gasteiger partial charge in [-0.1, -0.05) is 48.0 Å². The van der Waals surface area contributed by atoms with Crippen LogP contribution in [0.1, 0.15) is 40.7 Å². The molecule has 1 aliphatic rings. The summed E-state index contributed by atoms with van der Waals surface area (Å²) in [5.74, 6) is -0.347. The normalized spacial score (nSPS) is 16.2. The number of carbonyl (C=O) groups excluding carboxylic acids is 1. The maximum Gasteiger partial charge on any atom is 0.311 e. The number of nitrogens with zero attached hydrogens (tertiary/aromatic N) is 2. The Kier molecular flexibility index (Phi) is 6.68. The van der Waals surface area contributed by atoms with E-state index in [4.69, 9.17) is 9.57 Å². The van der Waals surface area contributed by atoms with Crippen molar-refractivity contribution in [1.82, 2.24) is 5.06 Å². The molecule has 0 atom stereocenters. The van der Waals surface area contributed by atoms with E-state index in [-0.39, 0.29) is 12.4 Å². The fourth-order valence-corrected chi connectivity index (χ4v) is 3.84. The summed E-state index contributed by atoms with van der Waals surface area (Å²) < 4.78 is 5.70. The summed E-state index contributed by atoms with van der Waals surface area (Å²) >= 11 is 0. The van der Waals surface area contributed by atoms with Gasteiger partial charge in [0.15, 0.2) is 5.60 Å². The standard InChI is InChI=1S/C24H28N2O3/c1-18-13-19(2)22(20(3)14-18)15-23(27)29-24(17-25)9-11-26(12-10-24)28-16-21-7-5-4-6-8-21/h4-8,13-14H,9-12,15-16H2,1-3H3. The molecular formula is C24H28N2O3. The third-order valence-electron chi connectivity index (χ3n) is 5.46. The number of ether oxygens (including phenoxy) is 1. The molecule has 1 aliphatic heterocycles. The van der Waals surface area contributed by atoms with Crippen LogP contribution >= 0.6 is 0 Å². The molecular weight excluding hydrogens is 364 g/mol. The van der Waals surface area contributed by atoms with E-state index in [0.29, 0.717) is 32.5 Å². The Morgan fingerprint density at radius 1 is 1.10 bits per heavy atom. The van der Waals surface area contributed by atoms with E-state index in [0.717, 1.165) is 22.3 Å². The lowest BCUT2D eigenvalue weighted by atomic mass is 9.93. The highest BCUT2D eigenvalue weighted by Crippen LogP contribution is 2.27. The van der Waals surface area contributed by atoms with Crippen LogP contribution < -0.4 is 0 Å². The number of nitriles is 1. The van der Waals surface area contributed by atoms with Crippen molar-refractivity contribution in [2.24, 2.45) is 0 Å². The van der Waals surface area contributed by atoms with Gasteiger partial charge in [0, 0.05) is 25.9 Å². The van der Waals surface area contributed by atoms with Crippen LogP contribution in [0, 0.1) is 32.1 Å². The largest absolute Gasteiger partial charge is 0.443 e. The molecule has 2 aromatic carbocycles. The molecule has 5 heteroatoms. The molecule has 1 heterocycles. The summed E-state index contributed by atoms with van der Waals surface area (Å²) in [4.78, 5) is 18.4. The third-order valence-corrected chi connectivity index (χ3v) is 5.46.